The lowest BCUT2D eigenvalue weighted by Crippen LogP contribution is -2.45. The molecule has 47 heavy (non-hydrogen) atoms. The van der Waals surface area contributed by atoms with E-state index in [2.05, 4.69) is 43.5 Å². The normalized spacial score (nSPS) is 14.1. The van der Waals surface area contributed by atoms with Crippen LogP contribution in [0.5, 0.6) is 0 Å². The molecule has 0 aromatic rings. The zero-order valence-electron chi connectivity index (χ0n) is 31.2. The molecule has 5 nitrogen and oxygen atoms in total. The summed E-state index contributed by atoms with van der Waals surface area (Å²) in [7, 11) is 0. The molecule has 276 valence electrons. The van der Waals surface area contributed by atoms with Gasteiger partial charge in [-0.05, 0) is 51.4 Å². The first kappa shape index (κ1) is 45.6. The van der Waals surface area contributed by atoms with E-state index in [0.29, 0.717) is 6.42 Å². The highest BCUT2D eigenvalue weighted by Gasteiger charge is 2.20. The van der Waals surface area contributed by atoms with Crippen LogP contribution in [0.15, 0.2) is 36.5 Å². The zero-order valence-corrected chi connectivity index (χ0v) is 31.2. The van der Waals surface area contributed by atoms with Crippen molar-refractivity contribution in [2.75, 3.05) is 6.61 Å². The molecule has 1 amide bonds. The van der Waals surface area contributed by atoms with E-state index < -0.39 is 18.2 Å². The number of rotatable bonds is 36. The van der Waals surface area contributed by atoms with Crippen LogP contribution >= 0.6 is 0 Å². The van der Waals surface area contributed by atoms with Gasteiger partial charge in [-0.15, -0.1) is 0 Å². The van der Waals surface area contributed by atoms with Crippen LogP contribution in [0.25, 0.3) is 0 Å². The lowest BCUT2D eigenvalue weighted by molar-refractivity contribution is -0.124. The lowest BCUT2D eigenvalue weighted by atomic mass is 10.0. The second-order valence-corrected chi connectivity index (χ2v) is 13.9. The van der Waals surface area contributed by atoms with Crippen LogP contribution in [0, 0.1) is 0 Å². The Morgan fingerprint density at radius 2 is 0.936 bits per heavy atom. The number of hydrogen-bond donors (Lipinski definition) is 4. The maximum atomic E-state index is 12.3. The Bertz CT molecular complexity index is 734. The van der Waals surface area contributed by atoms with Crippen molar-refractivity contribution in [2.24, 2.45) is 0 Å². The number of amides is 1. The van der Waals surface area contributed by atoms with Crippen molar-refractivity contribution in [3.8, 4) is 0 Å². The molecule has 0 saturated heterocycles. The molecule has 0 rings (SSSR count). The number of nitrogens with one attached hydrogen (secondary N) is 1. The molecule has 0 aromatic carbocycles. The van der Waals surface area contributed by atoms with E-state index in [1.807, 2.05) is 6.08 Å². The molecule has 5 heteroatoms. The van der Waals surface area contributed by atoms with Crippen LogP contribution in [0.2, 0.25) is 0 Å². The maximum Gasteiger partial charge on any atom is 0.222 e. The summed E-state index contributed by atoms with van der Waals surface area (Å²) < 4.78 is 0. The average Bonchev–Trinajstić information content (AvgIpc) is 3.06. The van der Waals surface area contributed by atoms with Gasteiger partial charge in [0.05, 0.1) is 31.3 Å². The van der Waals surface area contributed by atoms with E-state index in [1.165, 1.54) is 128 Å². The number of carbonyl (C=O) groups excluding carboxylic acids is 1. The van der Waals surface area contributed by atoms with Crippen molar-refractivity contribution < 1.29 is 20.1 Å². The van der Waals surface area contributed by atoms with Crippen molar-refractivity contribution in [3.63, 3.8) is 0 Å². The zero-order chi connectivity index (χ0) is 34.5. The first-order chi connectivity index (χ1) is 23.0. The smallest absolute Gasteiger partial charge is 0.222 e. The molecule has 0 fully saturated rings. The Labute approximate surface area is 292 Å². The second kappa shape index (κ2) is 37.4. The highest BCUT2D eigenvalue weighted by molar-refractivity contribution is 5.76. The van der Waals surface area contributed by atoms with E-state index in [-0.39, 0.29) is 18.9 Å². The summed E-state index contributed by atoms with van der Waals surface area (Å²) in [6.07, 6.45) is 45.9. The van der Waals surface area contributed by atoms with Gasteiger partial charge >= 0.3 is 0 Å². The van der Waals surface area contributed by atoms with Crippen molar-refractivity contribution in [2.45, 2.75) is 218 Å². The van der Waals surface area contributed by atoms with Crippen molar-refractivity contribution in [1.29, 1.82) is 0 Å². The number of allylic oxidation sites excluding steroid dienone is 5. The molecule has 0 aliphatic rings. The van der Waals surface area contributed by atoms with Gasteiger partial charge in [-0.2, -0.15) is 0 Å². The molecular weight excluding hydrogens is 582 g/mol. The summed E-state index contributed by atoms with van der Waals surface area (Å²) in [5.41, 5.74) is 0. The monoisotopic (exact) mass is 662 g/mol. The summed E-state index contributed by atoms with van der Waals surface area (Å²) >= 11 is 0. The highest BCUT2D eigenvalue weighted by atomic mass is 16.3. The van der Waals surface area contributed by atoms with Gasteiger partial charge in [0, 0.05) is 0 Å². The van der Waals surface area contributed by atoms with Gasteiger partial charge in [-0.1, -0.05) is 179 Å². The van der Waals surface area contributed by atoms with Gasteiger partial charge in [0.25, 0.3) is 0 Å². The van der Waals surface area contributed by atoms with Gasteiger partial charge in [0.2, 0.25) is 5.91 Å². The largest absolute Gasteiger partial charge is 0.394 e. The minimum absolute atomic E-state index is 0.0104. The summed E-state index contributed by atoms with van der Waals surface area (Å²) in [6.45, 7) is 4.13. The van der Waals surface area contributed by atoms with Crippen LogP contribution in [0.4, 0.5) is 0 Å². The van der Waals surface area contributed by atoms with Crippen molar-refractivity contribution in [1.82, 2.24) is 5.32 Å². The van der Waals surface area contributed by atoms with Crippen LogP contribution in [-0.4, -0.2) is 46.1 Å². The van der Waals surface area contributed by atoms with E-state index in [1.54, 1.807) is 6.08 Å². The lowest BCUT2D eigenvalue weighted by Gasteiger charge is -2.20. The Morgan fingerprint density at radius 1 is 0.532 bits per heavy atom. The Hall–Kier alpha value is -1.43. The highest BCUT2D eigenvalue weighted by Crippen LogP contribution is 2.15. The van der Waals surface area contributed by atoms with Gasteiger partial charge in [0.15, 0.2) is 0 Å². The van der Waals surface area contributed by atoms with Crippen molar-refractivity contribution in [3.05, 3.63) is 36.5 Å². The Kier molecular flexibility index (Phi) is 36.3. The molecule has 0 bridgehead atoms. The van der Waals surface area contributed by atoms with Gasteiger partial charge in [-0.3, -0.25) is 4.79 Å². The third kappa shape index (κ3) is 34.2. The first-order valence-electron chi connectivity index (χ1n) is 20.3. The van der Waals surface area contributed by atoms with Gasteiger partial charge < -0.3 is 20.6 Å². The summed E-state index contributed by atoms with van der Waals surface area (Å²) in [5, 5.41) is 32.9. The number of aliphatic hydroxyl groups excluding tert-OH is 3. The van der Waals surface area contributed by atoms with E-state index in [4.69, 9.17) is 0 Å². The molecule has 0 heterocycles. The number of unbranched alkanes of at least 4 members (excludes halogenated alkanes) is 23. The molecule has 0 aromatic heterocycles. The summed E-state index contributed by atoms with van der Waals surface area (Å²) in [5.74, 6) is -0.342. The van der Waals surface area contributed by atoms with Gasteiger partial charge in [0.1, 0.15) is 0 Å². The molecule has 4 N–H and O–H groups in total. The fourth-order valence-electron chi connectivity index (χ4n) is 5.98. The second-order valence-electron chi connectivity index (χ2n) is 13.9. The molecule has 0 aliphatic heterocycles. The van der Waals surface area contributed by atoms with Crippen molar-refractivity contribution >= 4 is 5.91 Å². The quantitative estimate of drug-likeness (QED) is 0.0397. The predicted molar refractivity (Wildman–Crippen MR) is 204 cm³/mol. The molecule has 3 atom stereocenters. The SMILES string of the molecule is CCCC/C=C\CCCCC(O)CC(=O)NC(CO)C(O)/C=C/CC/C=C/CCCCCCCCCCCCCCCCCCCC. The van der Waals surface area contributed by atoms with Crippen LogP contribution < -0.4 is 5.32 Å². The topological polar surface area (TPSA) is 89.8 Å². The molecular formula is C42H79NO4. The fourth-order valence-corrected chi connectivity index (χ4v) is 5.98. The standard InChI is InChI=1S/C42H79NO4/c1-3-5-7-9-11-13-14-15-16-17-18-19-20-21-22-23-24-25-26-27-28-30-32-34-36-41(46)40(38-44)43-42(47)37-39(45)35-33-31-29-12-10-8-6-4-2/h10,12,27-28,34,36,39-41,44-46H,3-9,11,13-26,29-33,35,37-38H2,1-2H3,(H,43,47)/b12-10-,28-27+,36-34+. The maximum absolute atomic E-state index is 12.3. The minimum atomic E-state index is -0.954. The fraction of sp³-hybridized carbons (Fsp3) is 0.833. The molecule has 3 unspecified atom stereocenters. The minimum Gasteiger partial charge on any atom is -0.394 e. The van der Waals surface area contributed by atoms with E-state index in [9.17, 15) is 20.1 Å². The number of carbonyl (C=O) groups is 1. The number of aliphatic hydroxyl groups is 3. The summed E-state index contributed by atoms with van der Waals surface area (Å²) in [4.78, 5) is 12.3. The molecule has 0 radical (unpaired) electrons. The predicted octanol–water partition coefficient (Wildman–Crippen LogP) is 11.2. The van der Waals surface area contributed by atoms with Crippen LogP contribution in [0.1, 0.15) is 200 Å². The third-order valence-corrected chi connectivity index (χ3v) is 9.15. The third-order valence-electron chi connectivity index (χ3n) is 9.15. The van der Waals surface area contributed by atoms with E-state index >= 15 is 0 Å². The Morgan fingerprint density at radius 3 is 1.43 bits per heavy atom. The number of hydrogen-bond acceptors (Lipinski definition) is 4. The molecule has 0 saturated carbocycles. The average molecular weight is 662 g/mol. The first-order valence-corrected chi connectivity index (χ1v) is 20.3. The van der Waals surface area contributed by atoms with Crippen LogP contribution in [-0.2, 0) is 4.79 Å². The van der Waals surface area contributed by atoms with Crippen LogP contribution in [0.3, 0.4) is 0 Å². The summed E-state index contributed by atoms with van der Waals surface area (Å²) in [6, 6.07) is -0.765. The molecule has 0 aliphatic carbocycles. The molecule has 0 spiro atoms. The Balaban J connectivity index is 3.67. The van der Waals surface area contributed by atoms with Gasteiger partial charge in [-0.25, -0.2) is 0 Å². The van der Waals surface area contributed by atoms with E-state index in [0.717, 1.165) is 44.9 Å².